The molecule has 0 aliphatic rings. The van der Waals surface area contributed by atoms with Crippen molar-refractivity contribution in [1.29, 1.82) is 0 Å². The molecule has 2 nitrogen and oxygen atoms in total. The molecule has 2 heteroatoms. The summed E-state index contributed by atoms with van der Waals surface area (Å²) < 4.78 is 0. The maximum Gasteiger partial charge on any atom is 0.129 e. The molecule has 70 valence electrons. The molecule has 0 aromatic heterocycles. The Kier molecular flexibility index (Phi) is 3.07. The van der Waals surface area contributed by atoms with E-state index in [0.717, 1.165) is 5.56 Å². The number of hydrogen-bond acceptors (Lipinski definition) is 2. The first-order chi connectivity index (χ1) is 6.08. The number of benzene rings is 1. The predicted octanol–water partition coefficient (Wildman–Crippen LogP) is 2.84. The van der Waals surface area contributed by atoms with Gasteiger partial charge in [0.2, 0.25) is 0 Å². The quantitative estimate of drug-likeness (QED) is 0.503. The van der Waals surface area contributed by atoms with Crippen LogP contribution in [0.3, 0.4) is 0 Å². The summed E-state index contributed by atoms with van der Waals surface area (Å²) >= 11 is 0. The summed E-state index contributed by atoms with van der Waals surface area (Å²) in [6, 6.07) is 9.88. The molecule has 0 spiro atoms. The maximum absolute atomic E-state index is 5.20. The third-order valence-corrected chi connectivity index (χ3v) is 1.33. The molecule has 1 rings (SSSR count). The van der Waals surface area contributed by atoms with Crippen molar-refractivity contribution in [3.63, 3.8) is 0 Å². The Morgan fingerprint density at radius 3 is 2.31 bits per heavy atom. The van der Waals surface area contributed by atoms with E-state index in [4.69, 9.17) is 4.84 Å². The third kappa shape index (κ3) is 4.31. The summed E-state index contributed by atoms with van der Waals surface area (Å²) in [5.41, 5.74) is 0.831. The molecule has 0 aliphatic heterocycles. The van der Waals surface area contributed by atoms with Crippen LogP contribution in [0.1, 0.15) is 26.3 Å². The van der Waals surface area contributed by atoms with Gasteiger partial charge in [-0.1, -0.05) is 35.5 Å². The zero-order valence-corrected chi connectivity index (χ0v) is 8.32. The van der Waals surface area contributed by atoms with Crippen LogP contribution < -0.4 is 0 Å². The molecule has 1 aromatic carbocycles. The topological polar surface area (TPSA) is 21.6 Å². The molecule has 0 atom stereocenters. The van der Waals surface area contributed by atoms with Crippen LogP contribution in [0.15, 0.2) is 35.5 Å². The Balaban J connectivity index is 2.51. The first kappa shape index (κ1) is 9.78. The van der Waals surface area contributed by atoms with Gasteiger partial charge in [0.1, 0.15) is 5.60 Å². The number of hydrogen-bond donors (Lipinski definition) is 0. The fourth-order valence-corrected chi connectivity index (χ4v) is 0.784. The van der Waals surface area contributed by atoms with Crippen molar-refractivity contribution in [1.82, 2.24) is 0 Å². The molecule has 0 heterocycles. The van der Waals surface area contributed by atoms with Crippen molar-refractivity contribution < 1.29 is 4.84 Å². The molecule has 0 unspecified atom stereocenters. The van der Waals surface area contributed by atoms with E-state index in [1.165, 1.54) is 0 Å². The normalized spacial score (nSPS) is 11.9. The SMILES string of the molecule is CC(C)(C)ON=Cc1ccccc1. The highest BCUT2D eigenvalue weighted by Crippen LogP contribution is 2.06. The van der Waals surface area contributed by atoms with Crippen LogP contribution in [0.25, 0.3) is 0 Å². The van der Waals surface area contributed by atoms with Crippen LogP contribution >= 0.6 is 0 Å². The second kappa shape index (κ2) is 4.08. The van der Waals surface area contributed by atoms with E-state index in [0.29, 0.717) is 0 Å². The lowest BCUT2D eigenvalue weighted by molar-refractivity contribution is 0.00199. The van der Waals surface area contributed by atoms with Gasteiger partial charge in [0.15, 0.2) is 0 Å². The van der Waals surface area contributed by atoms with Crippen LogP contribution in [0.2, 0.25) is 0 Å². The van der Waals surface area contributed by atoms with Crippen molar-refractivity contribution in [3.8, 4) is 0 Å². The van der Waals surface area contributed by atoms with Crippen molar-refractivity contribution >= 4 is 6.21 Å². The molecule has 0 N–H and O–H groups in total. The molecule has 13 heavy (non-hydrogen) atoms. The lowest BCUT2D eigenvalue weighted by Gasteiger charge is -2.14. The monoisotopic (exact) mass is 177 g/mol. The molecule has 0 saturated carbocycles. The van der Waals surface area contributed by atoms with E-state index < -0.39 is 0 Å². The van der Waals surface area contributed by atoms with E-state index in [1.807, 2.05) is 51.1 Å². The van der Waals surface area contributed by atoms with Crippen LogP contribution in [0.4, 0.5) is 0 Å². The molecular weight excluding hydrogens is 162 g/mol. The first-order valence-corrected chi connectivity index (χ1v) is 4.34. The minimum Gasteiger partial charge on any atom is -0.390 e. The highest BCUT2D eigenvalue weighted by Gasteiger charge is 2.08. The molecule has 0 aliphatic carbocycles. The van der Waals surface area contributed by atoms with Crippen molar-refractivity contribution in [2.24, 2.45) is 5.16 Å². The minimum atomic E-state index is -0.217. The largest absolute Gasteiger partial charge is 0.390 e. The Hall–Kier alpha value is -1.31. The van der Waals surface area contributed by atoms with Crippen molar-refractivity contribution in [2.45, 2.75) is 26.4 Å². The third-order valence-electron chi connectivity index (χ3n) is 1.33. The minimum absolute atomic E-state index is 0.217. The summed E-state index contributed by atoms with van der Waals surface area (Å²) in [5.74, 6) is 0. The number of oxime groups is 1. The van der Waals surface area contributed by atoms with E-state index in [2.05, 4.69) is 5.16 Å². The lowest BCUT2D eigenvalue weighted by atomic mass is 10.2. The maximum atomic E-state index is 5.20. The smallest absolute Gasteiger partial charge is 0.129 e. The Bertz CT molecular complexity index is 272. The summed E-state index contributed by atoms with van der Waals surface area (Å²) in [6.07, 6.45) is 1.71. The van der Waals surface area contributed by atoms with E-state index >= 15 is 0 Å². The van der Waals surface area contributed by atoms with Gasteiger partial charge in [-0.15, -0.1) is 0 Å². The number of rotatable bonds is 2. The summed E-state index contributed by atoms with van der Waals surface area (Å²) in [6.45, 7) is 5.90. The second-order valence-electron chi connectivity index (χ2n) is 3.85. The second-order valence-corrected chi connectivity index (χ2v) is 3.85. The van der Waals surface area contributed by atoms with Gasteiger partial charge in [-0.25, -0.2) is 0 Å². The van der Waals surface area contributed by atoms with Gasteiger partial charge in [-0.2, -0.15) is 0 Å². The van der Waals surface area contributed by atoms with E-state index in [-0.39, 0.29) is 5.60 Å². The fourth-order valence-electron chi connectivity index (χ4n) is 0.784. The summed E-state index contributed by atoms with van der Waals surface area (Å²) in [4.78, 5) is 5.20. The van der Waals surface area contributed by atoms with Gasteiger partial charge in [0.25, 0.3) is 0 Å². The van der Waals surface area contributed by atoms with Crippen LogP contribution in [-0.2, 0) is 4.84 Å². The van der Waals surface area contributed by atoms with Crippen LogP contribution in [0.5, 0.6) is 0 Å². The van der Waals surface area contributed by atoms with E-state index in [9.17, 15) is 0 Å². The molecular formula is C11H15NO. The molecule has 0 fully saturated rings. The highest BCUT2D eigenvalue weighted by molar-refractivity contribution is 5.78. The molecule has 0 saturated heterocycles. The zero-order valence-electron chi connectivity index (χ0n) is 8.32. The van der Waals surface area contributed by atoms with Crippen molar-refractivity contribution in [2.75, 3.05) is 0 Å². The van der Waals surface area contributed by atoms with E-state index in [1.54, 1.807) is 6.21 Å². The predicted molar refractivity (Wildman–Crippen MR) is 54.9 cm³/mol. The summed E-state index contributed by atoms with van der Waals surface area (Å²) in [7, 11) is 0. The molecule has 0 bridgehead atoms. The standard InChI is InChI=1S/C11H15NO/c1-11(2,3)13-12-9-10-7-5-4-6-8-10/h4-9H,1-3H3. The Labute approximate surface area is 79.2 Å². The van der Waals surface area contributed by atoms with Crippen LogP contribution in [0, 0.1) is 0 Å². The lowest BCUT2D eigenvalue weighted by Crippen LogP contribution is -2.15. The average Bonchev–Trinajstić information content (AvgIpc) is 2.04. The van der Waals surface area contributed by atoms with Crippen LogP contribution in [-0.4, -0.2) is 11.8 Å². The van der Waals surface area contributed by atoms with Gasteiger partial charge >= 0.3 is 0 Å². The number of nitrogens with zero attached hydrogens (tertiary/aromatic N) is 1. The molecule has 0 radical (unpaired) electrons. The fraction of sp³-hybridized carbons (Fsp3) is 0.364. The van der Waals surface area contributed by atoms with Gasteiger partial charge in [0, 0.05) is 0 Å². The van der Waals surface area contributed by atoms with Gasteiger partial charge in [0.05, 0.1) is 6.21 Å². The Morgan fingerprint density at radius 2 is 1.77 bits per heavy atom. The van der Waals surface area contributed by atoms with Gasteiger partial charge in [-0.3, -0.25) is 0 Å². The molecule has 0 amide bonds. The Morgan fingerprint density at radius 1 is 1.15 bits per heavy atom. The van der Waals surface area contributed by atoms with Gasteiger partial charge in [-0.05, 0) is 26.3 Å². The zero-order chi connectivity index (χ0) is 9.73. The first-order valence-electron chi connectivity index (χ1n) is 4.34. The van der Waals surface area contributed by atoms with Gasteiger partial charge < -0.3 is 4.84 Å². The average molecular weight is 177 g/mol. The highest BCUT2D eigenvalue weighted by atomic mass is 16.6. The van der Waals surface area contributed by atoms with Crippen molar-refractivity contribution in [3.05, 3.63) is 35.9 Å². The summed E-state index contributed by atoms with van der Waals surface area (Å²) in [5, 5.41) is 3.89. The molecule has 1 aromatic rings.